The van der Waals surface area contributed by atoms with E-state index in [0.29, 0.717) is 0 Å². The topological polar surface area (TPSA) is 38.1 Å². The summed E-state index contributed by atoms with van der Waals surface area (Å²) in [6.07, 6.45) is 4.19. The van der Waals surface area contributed by atoms with Crippen molar-refractivity contribution in [3.8, 4) is 0 Å². The van der Waals surface area contributed by atoms with Crippen LogP contribution < -0.4 is 0 Å². The number of hydrogen-bond acceptors (Lipinski definition) is 2. The van der Waals surface area contributed by atoms with Crippen LogP contribution in [0.1, 0.15) is 28.9 Å². The number of carbonyl (C=O) groups excluding carboxylic acids is 1. The lowest BCUT2D eigenvalue weighted by molar-refractivity contribution is 0.0788. The largest absolute Gasteiger partial charge is 0.341 e. The Balaban J connectivity index is 2.08. The van der Waals surface area contributed by atoms with Gasteiger partial charge in [-0.2, -0.15) is 5.10 Å². The molecule has 0 unspecified atom stereocenters. The predicted molar refractivity (Wildman–Crippen MR) is 57.6 cm³/mol. The molecule has 0 aliphatic heterocycles. The zero-order chi connectivity index (χ0) is 11.0. The Morgan fingerprint density at radius 2 is 2.33 bits per heavy atom. The van der Waals surface area contributed by atoms with E-state index in [9.17, 15) is 4.79 Å². The second kappa shape index (κ2) is 3.68. The first-order valence-electron chi connectivity index (χ1n) is 5.33. The van der Waals surface area contributed by atoms with Crippen LogP contribution in [0.4, 0.5) is 0 Å². The SMILES string of the molecule is Cc1c(C(=O)N(C)CC2CC2)cnn1C. The van der Waals surface area contributed by atoms with Crippen LogP contribution in [0.5, 0.6) is 0 Å². The number of nitrogens with zero attached hydrogens (tertiary/aromatic N) is 3. The zero-order valence-corrected chi connectivity index (χ0v) is 9.53. The Bertz CT molecular complexity index is 379. The van der Waals surface area contributed by atoms with Crippen molar-refractivity contribution in [1.29, 1.82) is 0 Å². The summed E-state index contributed by atoms with van der Waals surface area (Å²) in [7, 11) is 3.72. The van der Waals surface area contributed by atoms with Crippen LogP contribution in [0.2, 0.25) is 0 Å². The summed E-state index contributed by atoms with van der Waals surface area (Å²) in [6, 6.07) is 0. The van der Waals surface area contributed by atoms with Crippen molar-refractivity contribution >= 4 is 5.91 Å². The van der Waals surface area contributed by atoms with Crippen LogP contribution in [0, 0.1) is 12.8 Å². The molecule has 2 rings (SSSR count). The Hall–Kier alpha value is -1.32. The minimum absolute atomic E-state index is 0.0903. The Morgan fingerprint density at radius 3 is 2.80 bits per heavy atom. The van der Waals surface area contributed by atoms with Gasteiger partial charge in [-0.15, -0.1) is 0 Å². The number of amides is 1. The summed E-state index contributed by atoms with van der Waals surface area (Å²) in [5.74, 6) is 0.823. The molecule has 1 saturated carbocycles. The third-order valence-electron chi connectivity index (χ3n) is 3.04. The van der Waals surface area contributed by atoms with Crippen LogP contribution >= 0.6 is 0 Å². The van der Waals surface area contributed by atoms with Crippen LogP contribution in [0.3, 0.4) is 0 Å². The van der Waals surface area contributed by atoms with Gasteiger partial charge in [0.15, 0.2) is 0 Å². The van der Waals surface area contributed by atoms with Gasteiger partial charge in [-0.3, -0.25) is 9.48 Å². The van der Waals surface area contributed by atoms with Gasteiger partial charge in [0.25, 0.3) is 5.91 Å². The molecule has 15 heavy (non-hydrogen) atoms. The van der Waals surface area contributed by atoms with Gasteiger partial charge in [0.2, 0.25) is 0 Å². The molecule has 0 bridgehead atoms. The van der Waals surface area contributed by atoms with Gasteiger partial charge in [-0.1, -0.05) is 0 Å². The highest BCUT2D eigenvalue weighted by Crippen LogP contribution is 2.29. The van der Waals surface area contributed by atoms with E-state index in [1.807, 2.05) is 25.9 Å². The van der Waals surface area contributed by atoms with Gasteiger partial charge in [-0.05, 0) is 25.7 Å². The maximum Gasteiger partial charge on any atom is 0.257 e. The molecule has 0 saturated heterocycles. The normalized spacial score (nSPS) is 15.4. The quantitative estimate of drug-likeness (QED) is 0.747. The first-order chi connectivity index (χ1) is 7.09. The number of hydrogen-bond donors (Lipinski definition) is 0. The average Bonchev–Trinajstić information content (AvgIpc) is 2.95. The molecule has 1 amide bonds. The van der Waals surface area contributed by atoms with Crippen molar-refractivity contribution in [2.24, 2.45) is 13.0 Å². The minimum Gasteiger partial charge on any atom is -0.341 e. The monoisotopic (exact) mass is 207 g/mol. The second-order valence-corrected chi connectivity index (χ2v) is 4.40. The molecular formula is C11H17N3O. The predicted octanol–water partition coefficient (Wildman–Crippen LogP) is 1.21. The Morgan fingerprint density at radius 1 is 1.67 bits per heavy atom. The maximum absolute atomic E-state index is 12.0. The number of carbonyl (C=O) groups is 1. The number of aryl methyl sites for hydroxylation is 1. The van der Waals surface area contributed by atoms with Gasteiger partial charge in [0.05, 0.1) is 11.8 Å². The molecule has 4 nitrogen and oxygen atoms in total. The Labute approximate surface area is 89.9 Å². The maximum atomic E-state index is 12.0. The molecule has 1 aliphatic rings. The van der Waals surface area contributed by atoms with Crippen molar-refractivity contribution in [2.45, 2.75) is 19.8 Å². The molecule has 1 aromatic rings. The third-order valence-corrected chi connectivity index (χ3v) is 3.04. The smallest absolute Gasteiger partial charge is 0.257 e. The van der Waals surface area contributed by atoms with E-state index in [1.165, 1.54) is 12.8 Å². The summed E-state index contributed by atoms with van der Waals surface area (Å²) >= 11 is 0. The van der Waals surface area contributed by atoms with Crippen LogP contribution in [0.15, 0.2) is 6.20 Å². The summed E-state index contributed by atoms with van der Waals surface area (Å²) in [5.41, 5.74) is 1.66. The molecule has 1 heterocycles. The molecule has 1 aliphatic carbocycles. The third kappa shape index (κ3) is 2.03. The van der Waals surface area contributed by atoms with E-state index in [2.05, 4.69) is 5.10 Å². The van der Waals surface area contributed by atoms with Crippen molar-refractivity contribution in [3.05, 3.63) is 17.5 Å². The van der Waals surface area contributed by atoms with Crippen LogP contribution in [-0.4, -0.2) is 34.2 Å². The molecule has 0 radical (unpaired) electrons. The number of aromatic nitrogens is 2. The first-order valence-corrected chi connectivity index (χ1v) is 5.33. The van der Waals surface area contributed by atoms with E-state index in [4.69, 9.17) is 0 Å². The lowest BCUT2D eigenvalue weighted by Gasteiger charge is -2.16. The molecular weight excluding hydrogens is 190 g/mol. The van der Waals surface area contributed by atoms with E-state index in [-0.39, 0.29) is 5.91 Å². The molecule has 0 aromatic carbocycles. The fraction of sp³-hybridized carbons (Fsp3) is 0.636. The lowest BCUT2D eigenvalue weighted by atomic mass is 10.2. The van der Waals surface area contributed by atoms with Crippen molar-refractivity contribution in [1.82, 2.24) is 14.7 Å². The van der Waals surface area contributed by atoms with Gasteiger partial charge in [-0.25, -0.2) is 0 Å². The molecule has 1 aromatic heterocycles. The second-order valence-electron chi connectivity index (χ2n) is 4.40. The van der Waals surface area contributed by atoms with E-state index in [0.717, 1.165) is 23.7 Å². The van der Waals surface area contributed by atoms with E-state index >= 15 is 0 Å². The zero-order valence-electron chi connectivity index (χ0n) is 9.53. The van der Waals surface area contributed by atoms with Crippen molar-refractivity contribution in [3.63, 3.8) is 0 Å². The summed E-state index contributed by atoms with van der Waals surface area (Å²) in [6.45, 7) is 2.80. The molecule has 0 spiro atoms. The highest BCUT2D eigenvalue weighted by Gasteiger charge is 2.26. The fourth-order valence-electron chi connectivity index (χ4n) is 1.68. The van der Waals surface area contributed by atoms with Crippen molar-refractivity contribution < 1.29 is 4.79 Å². The first kappa shape index (κ1) is 10.2. The van der Waals surface area contributed by atoms with Crippen LogP contribution in [-0.2, 0) is 7.05 Å². The van der Waals surface area contributed by atoms with Gasteiger partial charge < -0.3 is 4.90 Å². The van der Waals surface area contributed by atoms with E-state index < -0.39 is 0 Å². The fourth-order valence-corrected chi connectivity index (χ4v) is 1.68. The molecule has 82 valence electrons. The summed E-state index contributed by atoms with van der Waals surface area (Å²) < 4.78 is 1.73. The highest BCUT2D eigenvalue weighted by molar-refractivity contribution is 5.94. The highest BCUT2D eigenvalue weighted by atomic mass is 16.2. The van der Waals surface area contributed by atoms with Crippen LogP contribution in [0.25, 0.3) is 0 Å². The minimum atomic E-state index is 0.0903. The summed E-state index contributed by atoms with van der Waals surface area (Å²) in [4.78, 5) is 13.8. The molecule has 1 fully saturated rings. The van der Waals surface area contributed by atoms with Gasteiger partial charge in [0, 0.05) is 26.3 Å². The lowest BCUT2D eigenvalue weighted by Crippen LogP contribution is -2.29. The standard InChI is InChI=1S/C11H17N3O/c1-8-10(6-12-14(8)3)11(15)13(2)7-9-4-5-9/h6,9H,4-5,7H2,1-3H3. The molecule has 0 atom stereocenters. The van der Waals surface area contributed by atoms with Crippen molar-refractivity contribution in [2.75, 3.05) is 13.6 Å². The average molecular weight is 207 g/mol. The van der Waals surface area contributed by atoms with Gasteiger partial charge >= 0.3 is 0 Å². The number of rotatable bonds is 3. The van der Waals surface area contributed by atoms with E-state index in [1.54, 1.807) is 10.9 Å². The summed E-state index contributed by atoms with van der Waals surface area (Å²) in [5, 5.41) is 4.08. The Kier molecular flexibility index (Phi) is 2.50. The van der Waals surface area contributed by atoms with Gasteiger partial charge in [0.1, 0.15) is 0 Å². The molecule has 4 heteroatoms. The molecule has 0 N–H and O–H groups in total.